The second-order valence-electron chi connectivity index (χ2n) is 5.74. The first-order valence-electron chi connectivity index (χ1n) is 8.64. The average molecular weight is 344 g/mol. The number of hydrogen-bond donors (Lipinski definition) is 2. The van der Waals surface area contributed by atoms with Crippen LogP contribution in [0.25, 0.3) is 11.0 Å². The fraction of sp³-hybridized carbons (Fsp3) is 0.529. The second kappa shape index (κ2) is 9.61. The minimum absolute atomic E-state index is 0.653. The highest BCUT2D eigenvalue weighted by Crippen LogP contribution is 2.17. The fourth-order valence-electron chi connectivity index (χ4n) is 2.49. The van der Waals surface area contributed by atoms with Crippen molar-refractivity contribution >= 4 is 22.8 Å². The van der Waals surface area contributed by atoms with Crippen molar-refractivity contribution < 1.29 is 0 Å². The van der Waals surface area contributed by atoms with Gasteiger partial charge >= 0.3 is 0 Å². The molecule has 0 aliphatic rings. The van der Waals surface area contributed by atoms with E-state index in [1.807, 2.05) is 13.1 Å². The van der Waals surface area contributed by atoms with Crippen LogP contribution in [0.3, 0.4) is 0 Å². The van der Waals surface area contributed by atoms with Crippen LogP contribution in [0.15, 0.2) is 30.2 Å². The van der Waals surface area contributed by atoms with Gasteiger partial charge in [0.25, 0.3) is 0 Å². The van der Waals surface area contributed by atoms with Gasteiger partial charge in [-0.3, -0.25) is 9.67 Å². The molecule has 0 atom stereocenters. The van der Waals surface area contributed by atoms with E-state index in [-0.39, 0.29) is 0 Å². The molecule has 2 rings (SSSR count). The number of allylic oxidation sites excluding steroid dienone is 1. The lowest BCUT2D eigenvalue weighted by Crippen LogP contribution is -2.39. The first-order valence-corrected chi connectivity index (χ1v) is 8.64. The molecule has 136 valence electrons. The van der Waals surface area contributed by atoms with Gasteiger partial charge in [-0.1, -0.05) is 6.08 Å². The summed E-state index contributed by atoms with van der Waals surface area (Å²) in [5.41, 5.74) is 0.816. The van der Waals surface area contributed by atoms with Crippen LogP contribution in [0.5, 0.6) is 0 Å². The summed E-state index contributed by atoms with van der Waals surface area (Å²) in [6.45, 7) is 8.98. The van der Waals surface area contributed by atoms with E-state index in [0.717, 1.165) is 48.7 Å². The van der Waals surface area contributed by atoms with Crippen LogP contribution in [-0.2, 0) is 7.05 Å². The van der Waals surface area contributed by atoms with Gasteiger partial charge in [-0.2, -0.15) is 5.10 Å². The first kappa shape index (κ1) is 18.7. The van der Waals surface area contributed by atoms with Crippen molar-refractivity contribution in [1.82, 2.24) is 30.0 Å². The van der Waals surface area contributed by atoms with E-state index in [9.17, 15) is 0 Å². The maximum atomic E-state index is 4.67. The maximum Gasteiger partial charge on any atom is 0.193 e. The third kappa shape index (κ3) is 5.17. The highest BCUT2D eigenvalue weighted by Gasteiger charge is 2.07. The highest BCUT2D eigenvalue weighted by molar-refractivity contribution is 5.86. The molecule has 2 N–H and O–H groups in total. The minimum Gasteiger partial charge on any atom is -0.367 e. The summed E-state index contributed by atoms with van der Waals surface area (Å²) in [6.07, 6.45) is 7.36. The van der Waals surface area contributed by atoms with E-state index >= 15 is 0 Å². The Balaban J connectivity index is 1.91. The number of aliphatic imine (C=N–C) groups is 1. The van der Waals surface area contributed by atoms with Gasteiger partial charge in [0, 0.05) is 33.7 Å². The summed E-state index contributed by atoms with van der Waals surface area (Å²) in [5.74, 6) is 1.71. The zero-order valence-electron chi connectivity index (χ0n) is 15.4. The van der Waals surface area contributed by atoms with E-state index in [4.69, 9.17) is 0 Å². The first-order chi connectivity index (χ1) is 12.2. The number of nitrogens with zero attached hydrogens (tertiary/aromatic N) is 6. The molecule has 8 nitrogen and oxygen atoms in total. The SMILES string of the molecule is C=CCCCN(C)C(=NCCNc1ncnc2c1cnn2C)NCC. The smallest absolute Gasteiger partial charge is 0.193 e. The second-order valence-corrected chi connectivity index (χ2v) is 5.74. The third-order valence-electron chi connectivity index (χ3n) is 3.79. The number of aryl methyl sites for hydroxylation is 1. The van der Waals surface area contributed by atoms with Crippen molar-refractivity contribution in [2.75, 3.05) is 38.5 Å². The lowest BCUT2D eigenvalue weighted by molar-refractivity contribution is 0.470. The number of guanidine groups is 1. The highest BCUT2D eigenvalue weighted by atomic mass is 15.3. The minimum atomic E-state index is 0.653. The topological polar surface area (TPSA) is 83.3 Å². The van der Waals surface area contributed by atoms with Gasteiger partial charge in [-0.05, 0) is 19.8 Å². The van der Waals surface area contributed by atoms with Crippen LogP contribution in [0, 0.1) is 0 Å². The van der Waals surface area contributed by atoms with Crippen LogP contribution in [0.2, 0.25) is 0 Å². The number of rotatable bonds is 9. The Hall–Kier alpha value is -2.64. The molecular weight excluding hydrogens is 316 g/mol. The van der Waals surface area contributed by atoms with E-state index in [2.05, 4.69) is 56.1 Å². The fourth-order valence-corrected chi connectivity index (χ4v) is 2.49. The van der Waals surface area contributed by atoms with Crippen LogP contribution in [0.1, 0.15) is 19.8 Å². The summed E-state index contributed by atoms with van der Waals surface area (Å²) in [6, 6.07) is 0. The average Bonchev–Trinajstić information content (AvgIpc) is 3.00. The van der Waals surface area contributed by atoms with Crippen molar-refractivity contribution in [1.29, 1.82) is 0 Å². The number of anilines is 1. The summed E-state index contributed by atoms with van der Waals surface area (Å²) < 4.78 is 1.74. The Morgan fingerprint density at radius 2 is 2.28 bits per heavy atom. The summed E-state index contributed by atoms with van der Waals surface area (Å²) in [7, 11) is 3.93. The predicted molar refractivity (Wildman–Crippen MR) is 103 cm³/mol. The Morgan fingerprint density at radius 3 is 3.04 bits per heavy atom. The normalized spacial score (nSPS) is 11.6. The Kier molecular flexibility index (Phi) is 7.18. The monoisotopic (exact) mass is 344 g/mol. The molecule has 0 saturated carbocycles. The van der Waals surface area contributed by atoms with Crippen LogP contribution in [-0.4, -0.2) is 63.8 Å². The van der Waals surface area contributed by atoms with Crippen molar-refractivity contribution in [3.63, 3.8) is 0 Å². The maximum absolute atomic E-state index is 4.67. The number of aromatic nitrogens is 4. The Labute approximate surface area is 149 Å². The lowest BCUT2D eigenvalue weighted by Gasteiger charge is -2.21. The largest absolute Gasteiger partial charge is 0.367 e. The molecule has 0 radical (unpaired) electrons. The van der Waals surface area contributed by atoms with Crippen LogP contribution in [0.4, 0.5) is 5.82 Å². The summed E-state index contributed by atoms with van der Waals surface area (Å²) in [5, 5.41) is 11.8. The van der Waals surface area contributed by atoms with Crippen LogP contribution < -0.4 is 10.6 Å². The molecule has 0 fully saturated rings. The van der Waals surface area contributed by atoms with Gasteiger partial charge in [-0.15, -0.1) is 6.58 Å². The quantitative estimate of drug-likeness (QED) is 0.311. The van der Waals surface area contributed by atoms with Gasteiger partial charge in [0.15, 0.2) is 11.6 Å². The molecule has 0 spiro atoms. The van der Waals surface area contributed by atoms with Gasteiger partial charge in [-0.25, -0.2) is 9.97 Å². The predicted octanol–water partition coefficient (Wildman–Crippen LogP) is 1.64. The molecule has 2 aromatic heterocycles. The number of fused-ring (bicyclic) bond motifs is 1. The van der Waals surface area contributed by atoms with E-state index in [1.165, 1.54) is 0 Å². The van der Waals surface area contributed by atoms with E-state index in [1.54, 1.807) is 17.2 Å². The van der Waals surface area contributed by atoms with E-state index in [0.29, 0.717) is 13.1 Å². The Morgan fingerprint density at radius 1 is 1.44 bits per heavy atom. The molecule has 2 aromatic rings. The van der Waals surface area contributed by atoms with Crippen molar-refractivity contribution in [3.8, 4) is 0 Å². The zero-order valence-corrected chi connectivity index (χ0v) is 15.4. The lowest BCUT2D eigenvalue weighted by atomic mass is 10.3. The van der Waals surface area contributed by atoms with Crippen molar-refractivity contribution in [2.24, 2.45) is 12.0 Å². The molecule has 0 aliphatic heterocycles. The molecule has 0 unspecified atom stereocenters. The Bertz CT molecular complexity index is 706. The van der Waals surface area contributed by atoms with Gasteiger partial charge in [0.1, 0.15) is 12.1 Å². The molecule has 0 amide bonds. The molecule has 0 saturated heterocycles. The summed E-state index contributed by atoms with van der Waals surface area (Å²) >= 11 is 0. The van der Waals surface area contributed by atoms with E-state index < -0.39 is 0 Å². The van der Waals surface area contributed by atoms with Gasteiger partial charge < -0.3 is 15.5 Å². The van der Waals surface area contributed by atoms with Gasteiger partial charge in [0.2, 0.25) is 0 Å². The molecular formula is C17H28N8. The van der Waals surface area contributed by atoms with Crippen molar-refractivity contribution in [3.05, 3.63) is 25.2 Å². The van der Waals surface area contributed by atoms with Gasteiger partial charge in [0.05, 0.1) is 18.1 Å². The molecule has 8 heteroatoms. The number of nitrogens with one attached hydrogen (secondary N) is 2. The molecule has 0 bridgehead atoms. The summed E-state index contributed by atoms with van der Waals surface area (Å²) in [4.78, 5) is 15.4. The number of unbranched alkanes of at least 4 members (excludes halogenated alkanes) is 1. The molecule has 25 heavy (non-hydrogen) atoms. The molecule has 0 aliphatic carbocycles. The molecule has 2 heterocycles. The zero-order chi connectivity index (χ0) is 18.1. The van der Waals surface area contributed by atoms with Crippen molar-refractivity contribution in [2.45, 2.75) is 19.8 Å². The number of hydrogen-bond acceptors (Lipinski definition) is 5. The third-order valence-corrected chi connectivity index (χ3v) is 3.79. The van der Waals surface area contributed by atoms with Crippen LogP contribution >= 0.6 is 0 Å². The molecule has 0 aromatic carbocycles. The standard InChI is InChI=1S/C17H28N8/c1-5-7-8-11-24(3)17(18-6-2)20-10-9-19-15-14-12-23-25(4)16(14)22-13-21-15/h5,12-13H,1,6-11H2,2-4H3,(H,18,20)(H,19,21,22).